The largest absolute Gasteiger partial charge is 0.389 e. The number of hydrogen-bond donors (Lipinski definition) is 1. The molecule has 2 amide bonds. The van der Waals surface area contributed by atoms with Crippen molar-refractivity contribution in [3.8, 4) is 0 Å². The van der Waals surface area contributed by atoms with E-state index in [-0.39, 0.29) is 6.61 Å². The molecule has 1 heterocycles. The number of aliphatic hydroxyl groups is 1. The van der Waals surface area contributed by atoms with Gasteiger partial charge in [0.2, 0.25) is 0 Å². The zero-order valence-electron chi connectivity index (χ0n) is 20.0. The Morgan fingerprint density at radius 1 is 0.667 bits per heavy atom. The van der Waals surface area contributed by atoms with Crippen molar-refractivity contribution in [3.05, 3.63) is 143 Å². The highest BCUT2D eigenvalue weighted by atomic mass is 16.5. The van der Waals surface area contributed by atoms with Crippen LogP contribution < -0.4 is 0 Å². The number of nitrogens with zero attached hydrogens (tertiary/aromatic N) is 1. The van der Waals surface area contributed by atoms with Crippen LogP contribution in [0.5, 0.6) is 0 Å². The van der Waals surface area contributed by atoms with Crippen LogP contribution in [0.1, 0.15) is 44.3 Å². The first kappa shape index (κ1) is 23.7. The molecule has 4 aromatic carbocycles. The molecule has 0 saturated carbocycles. The highest BCUT2D eigenvalue weighted by Gasteiger charge is 2.42. The topological polar surface area (TPSA) is 66.8 Å². The fourth-order valence-corrected chi connectivity index (χ4v) is 4.87. The minimum atomic E-state index is -1.11. The first-order chi connectivity index (χ1) is 17.5. The van der Waals surface area contributed by atoms with Crippen LogP contribution in [-0.4, -0.2) is 40.6 Å². The summed E-state index contributed by atoms with van der Waals surface area (Å²) in [5, 5.41) is 11.2. The SMILES string of the molecule is C[C@@H]([C@H](O)COC(c1ccccc1)(c1ccccc1)c1ccccc1)N1C(=O)c2ccccc2C1=O. The molecule has 0 unspecified atom stereocenters. The van der Waals surface area contributed by atoms with Crippen LogP contribution in [-0.2, 0) is 10.3 Å². The molecule has 1 aliphatic rings. The Morgan fingerprint density at radius 3 is 1.42 bits per heavy atom. The molecule has 0 spiro atoms. The van der Waals surface area contributed by atoms with E-state index in [1.165, 1.54) is 0 Å². The maximum Gasteiger partial charge on any atom is 0.261 e. The van der Waals surface area contributed by atoms with E-state index in [2.05, 4.69) is 0 Å². The van der Waals surface area contributed by atoms with E-state index >= 15 is 0 Å². The summed E-state index contributed by atoms with van der Waals surface area (Å²) in [5.41, 5.74) is 2.42. The van der Waals surface area contributed by atoms with E-state index in [0.29, 0.717) is 11.1 Å². The third kappa shape index (κ3) is 4.02. The van der Waals surface area contributed by atoms with Crippen molar-refractivity contribution in [1.82, 2.24) is 4.90 Å². The second kappa shape index (κ2) is 9.90. The summed E-state index contributed by atoms with van der Waals surface area (Å²) in [6.45, 7) is 1.57. The van der Waals surface area contributed by atoms with Gasteiger partial charge in [0, 0.05) is 0 Å². The van der Waals surface area contributed by atoms with Gasteiger partial charge in [0.25, 0.3) is 11.8 Å². The Kier molecular flexibility index (Phi) is 6.51. The van der Waals surface area contributed by atoms with Gasteiger partial charge in [-0.15, -0.1) is 0 Å². The summed E-state index contributed by atoms with van der Waals surface area (Å²) in [6.07, 6.45) is -1.11. The third-order valence-electron chi connectivity index (χ3n) is 6.80. The van der Waals surface area contributed by atoms with E-state index in [4.69, 9.17) is 4.74 Å². The van der Waals surface area contributed by atoms with Crippen LogP contribution in [0.3, 0.4) is 0 Å². The summed E-state index contributed by atoms with van der Waals surface area (Å²) in [5.74, 6) is -0.801. The molecule has 36 heavy (non-hydrogen) atoms. The molecular weight excluding hydrogens is 450 g/mol. The van der Waals surface area contributed by atoms with Gasteiger partial charge in [-0.2, -0.15) is 0 Å². The van der Waals surface area contributed by atoms with E-state index < -0.39 is 29.6 Å². The van der Waals surface area contributed by atoms with Crippen molar-refractivity contribution in [1.29, 1.82) is 0 Å². The van der Waals surface area contributed by atoms with E-state index in [1.807, 2.05) is 91.0 Å². The molecule has 0 saturated heterocycles. The van der Waals surface area contributed by atoms with Crippen molar-refractivity contribution in [2.24, 2.45) is 0 Å². The molecule has 1 N–H and O–H groups in total. The highest BCUT2D eigenvalue weighted by molar-refractivity contribution is 6.21. The lowest BCUT2D eigenvalue weighted by Crippen LogP contribution is -2.48. The average molecular weight is 478 g/mol. The van der Waals surface area contributed by atoms with Gasteiger partial charge in [-0.05, 0) is 35.7 Å². The van der Waals surface area contributed by atoms with Crippen LogP contribution in [0.4, 0.5) is 0 Å². The maximum absolute atomic E-state index is 13.0. The molecule has 5 heteroatoms. The Hall–Kier alpha value is -4.06. The Balaban J connectivity index is 1.49. The molecule has 0 fully saturated rings. The molecular formula is C31H27NO4. The number of carbonyl (C=O) groups is 2. The second-order valence-electron chi connectivity index (χ2n) is 8.92. The lowest BCUT2D eigenvalue weighted by Gasteiger charge is -2.37. The molecule has 0 aliphatic carbocycles. The Labute approximate surface area is 210 Å². The van der Waals surface area contributed by atoms with Crippen molar-refractivity contribution in [2.75, 3.05) is 6.61 Å². The van der Waals surface area contributed by atoms with Crippen molar-refractivity contribution in [3.63, 3.8) is 0 Å². The number of hydrogen-bond acceptors (Lipinski definition) is 4. The molecule has 2 atom stereocenters. The summed E-state index contributed by atoms with van der Waals surface area (Å²) in [6, 6.07) is 35.5. The van der Waals surface area contributed by atoms with Crippen LogP contribution in [0, 0.1) is 0 Å². The summed E-state index contributed by atoms with van der Waals surface area (Å²) >= 11 is 0. The normalized spacial score (nSPS) is 15.0. The minimum Gasteiger partial charge on any atom is -0.389 e. The number of carbonyl (C=O) groups excluding carboxylic acids is 2. The number of benzene rings is 4. The van der Waals surface area contributed by atoms with Gasteiger partial charge in [0.15, 0.2) is 0 Å². The van der Waals surface area contributed by atoms with E-state index in [1.54, 1.807) is 31.2 Å². The molecule has 0 bridgehead atoms. The Morgan fingerprint density at radius 2 is 1.03 bits per heavy atom. The number of imide groups is 1. The first-order valence-electron chi connectivity index (χ1n) is 12.0. The lowest BCUT2D eigenvalue weighted by molar-refractivity contribution is -0.0557. The summed E-state index contributed by atoms with van der Waals surface area (Å²) in [4.78, 5) is 27.1. The summed E-state index contributed by atoms with van der Waals surface area (Å²) < 4.78 is 6.68. The number of aliphatic hydroxyl groups excluding tert-OH is 1. The van der Waals surface area contributed by atoms with Gasteiger partial charge in [-0.25, -0.2) is 0 Å². The van der Waals surface area contributed by atoms with Gasteiger partial charge in [-0.1, -0.05) is 103 Å². The van der Waals surface area contributed by atoms with Crippen molar-refractivity contribution < 1.29 is 19.4 Å². The van der Waals surface area contributed by atoms with Crippen LogP contribution in [0.15, 0.2) is 115 Å². The molecule has 4 aromatic rings. The van der Waals surface area contributed by atoms with Gasteiger partial charge in [0.05, 0.1) is 29.9 Å². The summed E-state index contributed by atoms with van der Waals surface area (Å²) in [7, 11) is 0. The molecule has 0 radical (unpaired) electrons. The lowest BCUT2D eigenvalue weighted by atomic mass is 9.80. The molecule has 5 nitrogen and oxygen atoms in total. The Bertz CT molecular complexity index is 1220. The van der Waals surface area contributed by atoms with Gasteiger partial charge in [0.1, 0.15) is 5.60 Å². The standard InChI is InChI=1S/C31H27NO4/c1-22(32-29(34)26-19-11-12-20-27(26)30(32)35)28(33)21-36-31(23-13-5-2-6-14-23,24-15-7-3-8-16-24)25-17-9-4-10-18-25/h2-20,22,28,33H,21H2,1H3/t22-,28+/m0/s1. The number of fused-ring (bicyclic) bond motifs is 1. The zero-order valence-corrected chi connectivity index (χ0v) is 20.0. The monoisotopic (exact) mass is 477 g/mol. The number of amides is 2. The maximum atomic E-state index is 13.0. The smallest absolute Gasteiger partial charge is 0.261 e. The van der Waals surface area contributed by atoms with E-state index in [0.717, 1.165) is 21.6 Å². The predicted molar refractivity (Wildman–Crippen MR) is 138 cm³/mol. The highest BCUT2D eigenvalue weighted by Crippen LogP contribution is 2.40. The molecule has 180 valence electrons. The fraction of sp³-hybridized carbons (Fsp3) is 0.161. The molecule has 1 aliphatic heterocycles. The number of rotatable bonds is 8. The van der Waals surface area contributed by atoms with Gasteiger partial charge >= 0.3 is 0 Å². The van der Waals surface area contributed by atoms with Crippen molar-refractivity contribution >= 4 is 11.8 Å². The quantitative estimate of drug-likeness (QED) is 0.285. The predicted octanol–water partition coefficient (Wildman–Crippen LogP) is 5.04. The average Bonchev–Trinajstić information content (AvgIpc) is 3.20. The van der Waals surface area contributed by atoms with E-state index in [9.17, 15) is 14.7 Å². The van der Waals surface area contributed by atoms with Crippen LogP contribution in [0.2, 0.25) is 0 Å². The fourth-order valence-electron chi connectivity index (χ4n) is 4.87. The third-order valence-corrected chi connectivity index (χ3v) is 6.80. The minimum absolute atomic E-state index is 0.104. The number of ether oxygens (including phenoxy) is 1. The molecule has 5 rings (SSSR count). The van der Waals surface area contributed by atoms with Gasteiger partial charge < -0.3 is 9.84 Å². The first-order valence-corrected chi connectivity index (χ1v) is 12.0. The zero-order chi connectivity index (χ0) is 25.1. The second-order valence-corrected chi connectivity index (χ2v) is 8.92. The van der Waals surface area contributed by atoms with Gasteiger partial charge in [-0.3, -0.25) is 14.5 Å². The molecule has 0 aromatic heterocycles. The van der Waals surface area contributed by atoms with Crippen LogP contribution in [0.25, 0.3) is 0 Å². The van der Waals surface area contributed by atoms with Crippen LogP contribution >= 0.6 is 0 Å². The van der Waals surface area contributed by atoms with Crippen molar-refractivity contribution in [2.45, 2.75) is 24.7 Å².